The summed E-state index contributed by atoms with van der Waals surface area (Å²) in [5.41, 5.74) is 1.36. The minimum Gasteiger partial charge on any atom is -0.507 e. The molecule has 0 fully saturated rings. The standard InChI is InChI=1S/C10H8O2/c11-8-5-1-3-7-4-2-6-9(12)10(7)8/h1-3,5-6,11H,4H2. The molecule has 1 N–H and O–H groups in total. The summed E-state index contributed by atoms with van der Waals surface area (Å²) in [4.78, 5) is 11.3. The zero-order valence-electron chi connectivity index (χ0n) is 6.45. The maximum Gasteiger partial charge on any atom is 0.189 e. The molecule has 1 aliphatic carbocycles. The van der Waals surface area contributed by atoms with Gasteiger partial charge in [-0.25, -0.2) is 0 Å². The number of carbonyl (C=O) groups is 1. The van der Waals surface area contributed by atoms with Crippen LogP contribution in [-0.4, -0.2) is 10.9 Å². The van der Waals surface area contributed by atoms with Crippen LogP contribution in [0.1, 0.15) is 15.9 Å². The Bertz CT molecular complexity index is 364. The smallest absolute Gasteiger partial charge is 0.189 e. The minimum atomic E-state index is -0.102. The lowest BCUT2D eigenvalue weighted by atomic mass is 9.95. The van der Waals surface area contributed by atoms with E-state index in [0.29, 0.717) is 5.56 Å². The van der Waals surface area contributed by atoms with E-state index in [1.165, 1.54) is 12.1 Å². The first-order chi connectivity index (χ1) is 5.79. The van der Waals surface area contributed by atoms with Crippen molar-refractivity contribution in [1.29, 1.82) is 0 Å². The van der Waals surface area contributed by atoms with Gasteiger partial charge in [-0.1, -0.05) is 18.2 Å². The average molecular weight is 160 g/mol. The topological polar surface area (TPSA) is 37.3 Å². The minimum absolute atomic E-state index is 0.0850. The monoisotopic (exact) mass is 160 g/mol. The number of aromatic hydroxyl groups is 1. The molecule has 1 aliphatic rings. The van der Waals surface area contributed by atoms with Gasteiger partial charge in [0.1, 0.15) is 5.75 Å². The van der Waals surface area contributed by atoms with E-state index in [1.54, 1.807) is 6.07 Å². The van der Waals surface area contributed by atoms with Crippen LogP contribution in [-0.2, 0) is 6.42 Å². The van der Waals surface area contributed by atoms with Crippen molar-refractivity contribution in [1.82, 2.24) is 0 Å². The molecule has 0 radical (unpaired) electrons. The van der Waals surface area contributed by atoms with Gasteiger partial charge in [-0.05, 0) is 24.1 Å². The number of allylic oxidation sites excluding steroid dienone is 2. The van der Waals surface area contributed by atoms with Crippen molar-refractivity contribution in [2.75, 3.05) is 0 Å². The second-order valence-electron chi connectivity index (χ2n) is 2.78. The number of hydrogen-bond donors (Lipinski definition) is 1. The first kappa shape index (κ1) is 7.10. The summed E-state index contributed by atoms with van der Waals surface area (Å²) in [6.07, 6.45) is 4.04. The number of phenols is 1. The van der Waals surface area contributed by atoms with Crippen LogP contribution in [0.4, 0.5) is 0 Å². The van der Waals surface area contributed by atoms with Gasteiger partial charge in [-0.2, -0.15) is 0 Å². The van der Waals surface area contributed by atoms with E-state index < -0.39 is 0 Å². The van der Waals surface area contributed by atoms with Crippen molar-refractivity contribution < 1.29 is 9.90 Å². The highest BCUT2D eigenvalue weighted by Gasteiger charge is 2.15. The highest BCUT2D eigenvalue weighted by molar-refractivity contribution is 6.08. The molecule has 1 aromatic carbocycles. The SMILES string of the molecule is O=C1C=CCc2cccc(O)c21. The fraction of sp³-hybridized carbons (Fsp3) is 0.100. The zero-order valence-corrected chi connectivity index (χ0v) is 6.45. The summed E-state index contributed by atoms with van der Waals surface area (Å²) in [5, 5.41) is 9.37. The van der Waals surface area contributed by atoms with Crippen LogP contribution in [0.15, 0.2) is 30.4 Å². The predicted molar refractivity (Wildman–Crippen MR) is 45.3 cm³/mol. The van der Waals surface area contributed by atoms with Crippen molar-refractivity contribution >= 4 is 5.78 Å². The van der Waals surface area contributed by atoms with Gasteiger partial charge < -0.3 is 5.11 Å². The second-order valence-corrected chi connectivity index (χ2v) is 2.78. The number of phenolic OH excluding ortho intramolecular Hbond substituents is 1. The highest BCUT2D eigenvalue weighted by Crippen LogP contribution is 2.25. The van der Waals surface area contributed by atoms with Gasteiger partial charge in [0, 0.05) is 0 Å². The normalized spacial score (nSPS) is 14.5. The molecule has 2 rings (SSSR count). The summed E-state index contributed by atoms with van der Waals surface area (Å²) in [5.74, 6) is -0.0174. The van der Waals surface area contributed by atoms with Crippen LogP contribution in [0.2, 0.25) is 0 Å². The molecular weight excluding hydrogens is 152 g/mol. The van der Waals surface area contributed by atoms with E-state index in [1.807, 2.05) is 12.1 Å². The van der Waals surface area contributed by atoms with Crippen molar-refractivity contribution in [3.63, 3.8) is 0 Å². The van der Waals surface area contributed by atoms with Crippen molar-refractivity contribution in [3.05, 3.63) is 41.5 Å². The summed E-state index contributed by atoms with van der Waals surface area (Å²) >= 11 is 0. The van der Waals surface area contributed by atoms with Crippen molar-refractivity contribution in [3.8, 4) is 5.75 Å². The Morgan fingerprint density at radius 1 is 1.33 bits per heavy atom. The molecule has 1 aromatic rings. The number of fused-ring (bicyclic) bond motifs is 1. The third kappa shape index (κ3) is 0.925. The molecule has 0 atom stereocenters. The van der Waals surface area contributed by atoms with E-state index in [2.05, 4.69) is 0 Å². The van der Waals surface area contributed by atoms with Crippen LogP contribution in [0.5, 0.6) is 5.75 Å². The first-order valence-corrected chi connectivity index (χ1v) is 3.81. The fourth-order valence-corrected chi connectivity index (χ4v) is 1.42. The third-order valence-corrected chi connectivity index (χ3v) is 1.98. The van der Waals surface area contributed by atoms with Crippen LogP contribution < -0.4 is 0 Å². The molecule has 0 spiro atoms. The number of ketones is 1. The Morgan fingerprint density at radius 3 is 2.92 bits per heavy atom. The highest BCUT2D eigenvalue weighted by atomic mass is 16.3. The number of hydrogen-bond acceptors (Lipinski definition) is 2. The fourth-order valence-electron chi connectivity index (χ4n) is 1.42. The van der Waals surface area contributed by atoms with Gasteiger partial charge >= 0.3 is 0 Å². The van der Waals surface area contributed by atoms with Crippen LogP contribution in [0, 0.1) is 0 Å². The maximum atomic E-state index is 11.3. The van der Waals surface area contributed by atoms with Gasteiger partial charge in [-0.15, -0.1) is 0 Å². The summed E-state index contributed by atoms with van der Waals surface area (Å²) < 4.78 is 0. The third-order valence-electron chi connectivity index (χ3n) is 1.98. The molecule has 0 aliphatic heterocycles. The number of benzene rings is 1. The molecule has 2 heteroatoms. The number of rotatable bonds is 0. The second kappa shape index (κ2) is 2.48. The zero-order chi connectivity index (χ0) is 8.55. The molecule has 0 saturated carbocycles. The van der Waals surface area contributed by atoms with Gasteiger partial charge in [0.25, 0.3) is 0 Å². The lowest BCUT2D eigenvalue weighted by Gasteiger charge is -2.10. The van der Waals surface area contributed by atoms with E-state index in [-0.39, 0.29) is 11.5 Å². The Kier molecular flexibility index (Phi) is 1.47. The van der Waals surface area contributed by atoms with E-state index in [4.69, 9.17) is 0 Å². The molecule has 0 amide bonds. The molecule has 0 unspecified atom stereocenters. The quantitative estimate of drug-likeness (QED) is 0.627. The molecule has 12 heavy (non-hydrogen) atoms. The molecule has 0 bridgehead atoms. The molecular formula is C10H8O2. The van der Waals surface area contributed by atoms with E-state index >= 15 is 0 Å². The molecule has 0 heterocycles. The van der Waals surface area contributed by atoms with Crippen LogP contribution >= 0.6 is 0 Å². The Labute approximate surface area is 70.2 Å². The largest absolute Gasteiger partial charge is 0.507 e. The molecule has 0 saturated heterocycles. The van der Waals surface area contributed by atoms with Crippen molar-refractivity contribution in [2.45, 2.75) is 6.42 Å². The molecule has 60 valence electrons. The van der Waals surface area contributed by atoms with Gasteiger partial charge in [0.2, 0.25) is 0 Å². The predicted octanol–water partition coefficient (Wildman–Crippen LogP) is 1.69. The van der Waals surface area contributed by atoms with Gasteiger partial charge in [0.15, 0.2) is 5.78 Å². The molecule has 0 aromatic heterocycles. The molecule has 2 nitrogen and oxygen atoms in total. The van der Waals surface area contributed by atoms with E-state index in [0.717, 1.165) is 12.0 Å². The lowest BCUT2D eigenvalue weighted by Crippen LogP contribution is -2.05. The maximum absolute atomic E-state index is 11.3. The van der Waals surface area contributed by atoms with Gasteiger partial charge in [0.05, 0.1) is 5.56 Å². The Morgan fingerprint density at radius 2 is 2.17 bits per heavy atom. The van der Waals surface area contributed by atoms with Crippen LogP contribution in [0.3, 0.4) is 0 Å². The van der Waals surface area contributed by atoms with E-state index in [9.17, 15) is 9.90 Å². The summed E-state index contributed by atoms with van der Waals surface area (Å²) in [7, 11) is 0. The van der Waals surface area contributed by atoms with Crippen molar-refractivity contribution in [2.24, 2.45) is 0 Å². The van der Waals surface area contributed by atoms with Gasteiger partial charge in [-0.3, -0.25) is 4.79 Å². The Hall–Kier alpha value is -1.57. The number of carbonyl (C=O) groups excluding carboxylic acids is 1. The summed E-state index contributed by atoms with van der Waals surface area (Å²) in [6, 6.07) is 5.15. The lowest BCUT2D eigenvalue weighted by molar-refractivity contribution is 0.104. The average Bonchev–Trinajstić information content (AvgIpc) is 2.04. The van der Waals surface area contributed by atoms with Crippen LogP contribution in [0.25, 0.3) is 0 Å². The Balaban J connectivity index is 2.66. The summed E-state index contributed by atoms with van der Waals surface area (Å²) in [6.45, 7) is 0. The first-order valence-electron chi connectivity index (χ1n) is 3.81.